The van der Waals surface area contributed by atoms with Crippen molar-refractivity contribution in [3.63, 3.8) is 0 Å². The average molecular weight is 276 g/mol. The third kappa shape index (κ3) is 3.77. The molecule has 0 aliphatic carbocycles. The lowest BCUT2D eigenvalue weighted by Gasteiger charge is -2.21. The molecule has 1 atom stereocenters. The SMILES string of the molecule is CC1CCC(=O)N(Cc2cccc(C(N)=S)c2)CC1. The summed E-state index contributed by atoms with van der Waals surface area (Å²) >= 11 is 4.98. The van der Waals surface area contributed by atoms with Gasteiger partial charge in [0.1, 0.15) is 4.99 Å². The van der Waals surface area contributed by atoms with Crippen LogP contribution in [-0.4, -0.2) is 22.3 Å². The van der Waals surface area contributed by atoms with Crippen LogP contribution < -0.4 is 5.73 Å². The maximum Gasteiger partial charge on any atom is 0.222 e. The lowest BCUT2D eigenvalue weighted by atomic mass is 10.0. The number of rotatable bonds is 3. The molecule has 4 heteroatoms. The van der Waals surface area contributed by atoms with Gasteiger partial charge in [-0.3, -0.25) is 4.79 Å². The maximum absolute atomic E-state index is 12.1. The fourth-order valence-electron chi connectivity index (χ4n) is 2.38. The average Bonchev–Trinajstić information content (AvgIpc) is 2.54. The molecule has 0 spiro atoms. The summed E-state index contributed by atoms with van der Waals surface area (Å²) in [7, 11) is 0. The summed E-state index contributed by atoms with van der Waals surface area (Å²) in [4.78, 5) is 14.4. The van der Waals surface area contributed by atoms with E-state index in [1.165, 1.54) is 0 Å². The Morgan fingerprint density at radius 2 is 2.26 bits per heavy atom. The second kappa shape index (κ2) is 6.15. The van der Waals surface area contributed by atoms with Gasteiger partial charge in [0, 0.05) is 25.1 Å². The summed E-state index contributed by atoms with van der Waals surface area (Å²) in [5, 5.41) is 0. The largest absolute Gasteiger partial charge is 0.389 e. The first-order valence-corrected chi connectivity index (χ1v) is 7.13. The Kier molecular flexibility index (Phi) is 4.53. The zero-order chi connectivity index (χ0) is 13.8. The molecule has 1 aliphatic rings. The molecule has 1 heterocycles. The van der Waals surface area contributed by atoms with Crippen LogP contribution in [0.15, 0.2) is 24.3 Å². The van der Waals surface area contributed by atoms with Crippen molar-refractivity contribution in [1.29, 1.82) is 0 Å². The zero-order valence-electron chi connectivity index (χ0n) is 11.3. The molecule has 2 rings (SSSR count). The molecule has 102 valence electrons. The highest BCUT2D eigenvalue weighted by Crippen LogP contribution is 2.19. The Balaban J connectivity index is 2.09. The predicted molar refractivity (Wildman–Crippen MR) is 80.8 cm³/mol. The quantitative estimate of drug-likeness (QED) is 0.863. The van der Waals surface area contributed by atoms with Crippen LogP contribution in [0.25, 0.3) is 0 Å². The van der Waals surface area contributed by atoms with Gasteiger partial charge >= 0.3 is 0 Å². The van der Waals surface area contributed by atoms with Crippen LogP contribution in [0.4, 0.5) is 0 Å². The number of thiocarbonyl (C=S) groups is 1. The first-order chi connectivity index (χ1) is 9.06. The van der Waals surface area contributed by atoms with Gasteiger partial charge in [0.2, 0.25) is 5.91 Å². The molecule has 1 fully saturated rings. The standard InChI is InChI=1S/C15H20N2OS/c1-11-5-6-14(18)17(8-7-11)10-12-3-2-4-13(9-12)15(16)19/h2-4,9,11H,5-8,10H2,1H3,(H2,16,19). The zero-order valence-corrected chi connectivity index (χ0v) is 12.1. The number of hydrogen-bond donors (Lipinski definition) is 1. The molecule has 0 saturated carbocycles. The lowest BCUT2D eigenvalue weighted by Crippen LogP contribution is -2.29. The van der Waals surface area contributed by atoms with Crippen LogP contribution >= 0.6 is 12.2 Å². The Hall–Kier alpha value is -1.42. The van der Waals surface area contributed by atoms with Gasteiger partial charge in [0.05, 0.1) is 0 Å². The van der Waals surface area contributed by atoms with Gasteiger partial charge in [-0.25, -0.2) is 0 Å². The van der Waals surface area contributed by atoms with E-state index in [1.54, 1.807) is 0 Å². The van der Waals surface area contributed by atoms with E-state index in [-0.39, 0.29) is 5.91 Å². The van der Waals surface area contributed by atoms with E-state index in [4.69, 9.17) is 18.0 Å². The Morgan fingerprint density at radius 1 is 1.47 bits per heavy atom. The summed E-state index contributed by atoms with van der Waals surface area (Å²) in [6.07, 6.45) is 2.75. The number of nitrogens with zero attached hydrogens (tertiary/aromatic N) is 1. The molecule has 1 aromatic rings. The molecule has 0 radical (unpaired) electrons. The van der Waals surface area contributed by atoms with Gasteiger partial charge < -0.3 is 10.6 Å². The van der Waals surface area contributed by atoms with Gasteiger partial charge in [-0.1, -0.05) is 37.3 Å². The second-order valence-corrected chi connectivity index (χ2v) is 5.75. The van der Waals surface area contributed by atoms with Crippen molar-refractivity contribution in [3.8, 4) is 0 Å². The number of amides is 1. The van der Waals surface area contributed by atoms with Crippen molar-refractivity contribution in [2.75, 3.05) is 6.54 Å². The molecule has 1 unspecified atom stereocenters. The molecule has 3 nitrogen and oxygen atoms in total. The van der Waals surface area contributed by atoms with Crippen LogP contribution in [0, 0.1) is 5.92 Å². The van der Waals surface area contributed by atoms with Crippen molar-refractivity contribution in [2.45, 2.75) is 32.7 Å². The number of hydrogen-bond acceptors (Lipinski definition) is 2. The summed E-state index contributed by atoms with van der Waals surface area (Å²) in [6.45, 7) is 3.71. The number of carbonyl (C=O) groups excluding carboxylic acids is 1. The van der Waals surface area contributed by atoms with E-state index in [9.17, 15) is 4.79 Å². The first-order valence-electron chi connectivity index (χ1n) is 6.73. The van der Waals surface area contributed by atoms with Crippen molar-refractivity contribution < 1.29 is 4.79 Å². The Morgan fingerprint density at radius 3 is 3.00 bits per heavy atom. The van der Waals surface area contributed by atoms with Gasteiger partial charge in [0.25, 0.3) is 0 Å². The van der Waals surface area contributed by atoms with Crippen LogP contribution in [0.3, 0.4) is 0 Å². The Bertz CT molecular complexity index is 487. The van der Waals surface area contributed by atoms with Crippen LogP contribution in [0.1, 0.15) is 37.3 Å². The Labute approximate surface area is 119 Å². The summed E-state index contributed by atoms with van der Waals surface area (Å²) < 4.78 is 0. The summed E-state index contributed by atoms with van der Waals surface area (Å²) in [6, 6.07) is 7.83. The molecule has 1 aliphatic heterocycles. The molecule has 1 saturated heterocycles. The second-order valence-electron chi connectivity index (χ2n) is 5.31. The van der Waals surface area contributed by atoms with Crippen molar-refractivity contribution in [2.24, 2.45) is 11.7 Å². The van der Waals surface area contributed by atoms with Gasteiger partial charge in [-0.2, -0.15) is 0 Å². The molecule has 1 aromatic carbocycles. The predicted octanol–water partition coefficient (Wildman–Crippen LogP) is 2.47. The van der Waals surface area contributed by atoms with Gasteiger partial charge in [-0.05, 0) is 30.4 Å². The minimum absolute atomic E-state index is 0.255. The van der Waals surface area contributed by atoms with Gasteiger partial charge in [0.15, 0.2) is 0 Å². The van der Waals surface area contributed by atoms with Crippen molar-refractivity contribution >= 4 is 23.1 Å². The number of benzene rings is 1. The number of nitrogens with two attached hydrogens (primary N) is 1. The molecular formula is C15H20N2OS. The molecule has 0 aromatic heterocycles. The highest BCUT2D eigenvalue weighted by molar-refractivity contribution is 7.80. The van der Waals surface area contributed by atoms with E-state index < -0.39 is 0 Å². The third-order valence-corrected chi connectivity index (χ3v) is 3.92. The molecule has 19 heavy (non-hydrogen) atoms. The van der Waals surface area contributed by atoms with Crippen LogP contribution in [0.5, 0.6) is 0 Å². The van der Waals surface area contributed by atoms with Crippen LogP contribution in [0.2, 0.25) is 0 Å². The summed E-state index contributed by atoms with van der Waals surface area (Å²) in [5.74, 6) is 0.891. The van der Waals surface area contributed by atoms with Crippen molar-refractivity contribution in [3.05, 3.63) is 35.4 Å². The molecule has 2 N–H and O–H groups in total. The molecule has 0 bridgehead atoms. The molecular weight excluding hydrogens is 256 g/mol. The number of likely N-dealkylation sites (tertiary alicyclic amines) is 1. The van der Waals surface area contributed by atoms with E-state index >= 15 is 0 Å². The number of carbonyl (C=O) groups is 1. The van der Waals surface area contributed by atoms with Crippen LogP contribution in [-0.2, 0) is 11.3 Å². The minimum atomic E-state index is 0.255. The highest BCUT2D eigenvalue weighted by atomic mass is 32.1. The minimum Gasteiger partial charge on any atom is -0.389 e. The first kappa shape index (κ1) is 14.0. The molecule has 1 amide bonds. The third-order valence-electron chi connectivity index (χ3n) is 3.68. The van der Waals surface area contributed by atoms with E-state index in [0.29, 0.717) is 23.9 Å². The van der Waals surface area contributed by atoms with Crippen molar-refractivity contribution in [1.82, 2.24) is 4.90 Å². The normalized spacial score (nSPS) is 20.2. The fraction of sp³-hybridized carbons (Fsp3) is 0.467. The van der Waals surface area contributed by atoms with E-state index in [2.05, 4.69) is 6.92 Å². The smallest absolute Gasteiger partial charge is 0.222 e. The van der Waals surface area contributed by atoms with Gasteiger partial charge in [-0.15, -0.1) is 0 Å². The monoisotopic (exact) mass is 276 g/mol. The lowest BCUT2D eigenvalue weighted by molar-refractivity contribution is -0.131. The maximum atomic E-state index is 12.1. The topological polar surface area (TPSA) is 46.3 Å². The summed E-state index contributed by atoms with van der Waals surface area (Å²) in [5.41, 5.74) is 7.59. The fourth-order valence-corrected chi connectivity index (χ4v) is 2.51. The van der Waals surface area contributed by atoms with E-state index in [0.717, 1.165) is 30.5 Å². The highest BCUT2D eigenvalue weighted by Gasteiger charge is 2.20. The van der Waals surface area contributed by atoms with E-state index in [1.807, 2.05) is 29.2 Å².